The Labute approximate surface area is 145 Å². The molecule has 2 aromatic carbocycles. The summed E-state index contributed by atoms with van der Waals surface area (Å²) in [5, 5.41) is 2.73. The predicted octanol–water partition coefficient (Wildman–Crippen LogP) is 3.22. The SMILES string of the molecule is CCOc1ccc(N2CC(C(=O)Nc3ccc(F)cc3)CC2=O)cc1. The van der Waals surface area contributed by atoms with Crippen molar-refractivity contribution in [3.8, 4) is 5.75 Å². The van der Waals surface area contributed by atoms with Crippen molar-refractivity contribution in [2.45, 2.75) is 13.3 Å². The Morgan fingerprint density at radius 2 is 1.88 bits per heavy atom. The van der Waals surface area contributed by atoms with Crippen LogP contribution in [0.4, 0.5) is 15.8 Å². The highest BCUT2D eigenvalue weighted by Crippen LogP contribution is 2.27. The third kappa shape index (κ3) is 3.96. The van der Waals surface area contributed by atoms with Crippen molar-refractivity contribution >= 4 is 23.2 Å². The molecule has 25 heavy (non-hydrogen) atoms. The van der Waals surface area contributed by atoms with Crippen molar-refractivity contribution in [2.75, 3.05) is 23.4 Å². The first-order valence-electron chi connectivity index (χ1n) is 8.16. The van der Waals surface area contributed by atoms with Gasteiger partial charge in [-0.2, -0.15) is 0 Å². The summed E-state index contributed by atoms with van der Waals surface area (Å²) in [5.74, 6) is -0.403. The highest BCUT2D eigenvalue weighted by molar-refractivity contribution is 6.03. The van der Waals surface area contributed by atoms with Gasteiger partial charge >= 0.3 is 0 Å². The minimum Gasteiger partial charge on any atom is -0.494 e. The monoisotopic (exact) mass is 342 g/mol. The number of nitrogens with zero attached hydrogens (tertiary/aromatic N) is 1. The summed E-state index contributed by atoms with van der Waals surface area (Å²) in [6.45, 7) is 2.80. The van der Waals surface area contributed by atoms with Gasteiger partial charge in [0.15, 0.2) is 0 Å². The zero-order chi connectivity index (χ0) is 17.8. The standard InChI is InChI=1S/C19H19FN2O3/c1-2-25-17-9-7-16(8-10-17)22-12-13(11-18(22)23)19(24)21-15-5-3-14(20)4-6-15/h3-10,13H,2,11-12H2,1H3,(H,21,24). The van der Waals surface area contributed by atoms with Crippen LogP contribution in [0, 0.1) is 11.7 Å². The van der Waals surface area contributed by atoms with Gasteiger partial charge in [0.1, 0.15) is 11.6 Å². The molecule has 3 rings (SSSR count). The summed E-state index contributed by atoms with van der Waals surface area (Å²) in [7, 11) is 0. The summed E-state index contributed by atoms with van der Waals surface area (Å²) in [6, 6.07) is 12.8. The molecule has 0 aliphatic carbocycles. The maximum absolute atomic E-state index is 12.9. The third-order valence-electron chi connectivity index (χ3n) is 4.07. The van der Waals surface area contributed by atoms with Crippen LogP contribution in [0.5, 0.6) is 5.75 Å². The number of carbonyl (C=O) groups is 2. The molecule has 0 radical (unpaired) electrons. The molecule has 0 bridgehead atoms. The molecule has 0 saturated carbocycles. The second-order valence-electron chi connectivity index (χ2n) is 5.83. The largest absolute Gasteiger partial charge is 0.494 e. The van der Waals surface area contributed by atoms with E-state index in [1.165, 1.54) is 24.3 Å². The van der Waals surface area contributed by atoms with E-state index in [2.05, 4.69) is 5.32 Å². The molecule has 6 heteroatoms. The zero-order valence-corrected chi connectivity index (χ0v) is 13.9. The van der Waals surface area contributed by atoms with Gasteiger partial charge < -0.3 is 15.0 Å². The lowest BCUT2D eigenvalue weighted by molar-refractivity contribution is -0.122. The molecule has 1 fully saturated rings. The van der Waals surface area contributed by atoms with E-state index in [9.17, 15) is 14.0 Å². The zero-order valence-electron chi connectivity index (χ0n) is 13.9. The minimum atomic E-state index is -0.441. The summed E-state index contributed by atoms with van der Waals surface area (Å²) < 4.78 is 18.3. The summed E-state index contributed by atoms with van der Waals surface area (Å²) in [6.07, 6.45) is 0.153. The van der Waals surface area contributed by atoms with Crippen LogP contribution in [-0.2, 0) is 9.59 Å². The lowest BCUT2D eigenvalue weighted by Crippen LogP contribution is -2.28. The van der Waals surface area contributed by atoms with Gasteiger partial charge in [-0.3, -0.25) is 9.59 Å². The van der Waals surface area contributed by atoms with E-state index in [-0.39, 0.29) is 24.1 Å². The molecule has 1 atom stereocenters. The van der Waals surface area contributed by atoms with Gasteiger partial charge in [-0.05, 0) is 55.5 Å². The van der Waals surface area contributed by atoms with E-state index in [1.807, 2.05) is 19.1 Å². The first-order valence-corrected chi connectivity index (χ1v) is 8.16. The average molecular weight is 342 g/mol. The van der Waals surface area contributed by atoms with Crippen molar-refractivity contribution < 1.29 is 18.7 Å². The van der Waals surface area contributed by atoms with Gasteiger partial charge in [-0.15, -0.1) is 0 Å². The first kappa shape index (κ1) is 17.0. The Hall–Kier alpha value is -2.89. The number of hydrogen-bond donors (Lipinski definition) is 1. The highest BCUT2D eigenvalue weighted by Gasteiger charge is 2.35. The lowest BCUT2D eigenvalue weighted by Gasteiger charge is -2.17. The van der Waals surface area contributed by atoms with Gasteiger partial charge in [0.25, 0.3) is 0 Å². The third-order valence-corrected chi connectivity index (χ3v) is 4.07. The number of carbonyl (C=O) groups excluding carboxylic acids is 2. The number of benzene rings is 2. The molecule has 0 aromatic heterocycles. The normalized spacial score (nSPS) is 16.8. The van der Waals surface area contributed by atoms with E-state index in [1.54, 1.807) is 17.0 Å². The Morgan fingerprint density at radius 1 is 1.20 bits per heavy atom. The fourth-order valence-electron chi connectivity index (χ4n) is 2.80. The van der Waals surface area contributed by atoms with Crippen molar-refractivity contribution in [1.29, 1.82) is 0 Å². The molecule has 5 nitrogen and oxygen atoms in total. The second-order valence-corrected chi connectivity index (χ2v) is 5.83. The average Bonchev–Trinajstić information content (AvgIpc) is 3.00. The number of amides is 2. The van der Waals surface area contributed by atoms with Crippen LogP contribution < -0.4 is 15.0 Å². The molecule has 0 spiro atoms. The molecule has 1 saturated heterocycles. The molecule has 1 aliphatic heterocycles. The molecule has 2 aromatic rings. The van der Waals surface area contributed by atoms with Gasteiger partial charge in [0, 0.05) is 24.3 Å². The van der Waals surface area contributed by atoms with Gasteiger partial charge in [-0.25, -0.2) is 4.39 Å². The molecule has 130 valence electrons. The summed E-state index contributed by atoms with van der Waals surface area (Å²) in [4.78, 5) is 26.2. The number of ether oxygens (including phenoxy) is 1. The van der Waals surface area contributed by atoms with E-state index in [4.69, 9.17) is 4.74 Å². The smallest absolute Gasteiger partial charge is 0.229 e. The Kier molecular flexibility index (Phi) is 4.97. The van der Waals surface area contributed by atoms with Crippen LogP contribution >= 0.6 is 0 Å². The summed E-state index contributed by atoms with van der Waals surface area (Å²) in [5.41, 5.74) is 1.25. The van der Waals surface area contributed by atoms with Crippen molar-refractivity contribution in [3.63, 3.8) is 0 Å². The highest BCUT2D eigenvalue weighted by atomic mass is 19.1. The maximum Gasteiger partial charge on any atom is 0.229 e. The fourth-order valence-corrected chi connectivity index (χ4v) is 2.80. The second kappa shape index (κ2) is 7.34. The topological polar surface area (TPSA) is 58.6 Å². The molecule has 1 unspecified atom stereocenters. The lowest BCUT2D eigenvalue weighted by atomic mass is 10.1. The predicted molar refractivity (Wildman–Crippen MR) is 93.1 cm³/mol. The van der Waals surface area contributed by atoms with Crippen LogP contribution in [0.2, 0.25) is 0 Å². The van der Waals surface area contributed by atoms with Gasteiger partial charge in [0.05, 0.1) is 12.5 Å². The van der Waals surface area contributed by atoms with Crippen LogP contribution in [0.3, 0.4) is 0 Å². The van der Waals surface area contributed by atoms with Crippen molar-refractivity contribution in [2.24, 2.45) is 5.92 Å². The Balaban J connectivity index is 1.65. The van der Waals surface area contributed by atoms with Crippen LogP contribution in [0.15, 0.2) is 48.5 Å². The minimum absolute atomic E-state index is 0.0941. The molecular formula is C19H19FN2O3. The molecular weight excluding hydrogens is 323 g/mol. The number of nitrogens with one attached hydrogen (secondary N) is 1. The molecule has 1 aliphatic rings. The Bertz CT molecular complexity index is 759. The molecule has 1 N–H and O–H groups in total. The number of anilines is 2. The van der Waals surface area contributed by atoms with Gasteiger partial charge in [0.2, 0.25) is 11.8 Å². The van der Waals surface area contributed by atoms with Crippen LogP contribution in [-0.4, -0.2) is 25.0 Å². The molecule has 1 heterocycles. The van der Waals surface area contributed by atoms with Crippen molar-refractivity contribution in [3.05, 3.63) is 54.3 Å². The first-order chi connectivity index (χ1) is 12.1. The fraction of sp³-hybridized carbons (Fsp3) is 0.263. The summed E-state index contributed by atoms with van der Waals surface area (Å²) >= 11 is 0. The Morgan fingerprint density at radius 3 is 2.52 bits per heavy atom. The number of rotatable bonds is 5. The number of halogens is 1. The van der Waals surface area contributed by atoms with Crippen molar-refractivity contribution in [1.82, 2.24) is 0 Å². The van der Waals surface area contributed by atoms with E-state index in [0.717, 1.165) is 11.4 Å². The van der Waals surface area contributed by atoms with Crippen LogP contribution in [0.1, 0.15) is 13.3 Å². The van der Waals surface area contributed by atoms with Crippen LogP contribution in [0.25, 0.3) is 0 Å². The van der Waals surface area contributed by atoms with E-state index < -0.39 is 5.92 Å². The number of hydrogen-bond acceptors (Lipinski definition) is 3. The maximum atomic E-state index is 12.9. The quantitative estimate of drug-likeness (QED) is 0.908. The van der Waals surface area contributed by atoms with E-state index >= 15 is 0 Å². The van der Waals surface area contributed by atoms with E-state index in [0.29, 0.717) is 18.8 Å². The molecule has 2 amide bonds. The van der Waals surface area contributed by atoms with Gasteiger partial charge in [-0.1, -0.05) is 0 Å².